The van der Waals surface area contributed by atoms with E-state index in [9.17, 15) is 9.90 Å². The molecule has 1 amide bonds. The molecule has 7 heteroatoms. The number of aliphatic hydroxyl groups excluding tert-OH is 1. The van der Waals surface area contributed by atoms with E-state index in [1.807, 2.05) is 29.6 Å². The molecule has 136 valence electrons. The van der Waals surface area contributed by atoms with Gasteiger partial charge in [-0.1, -0.05) is 6.07 Å². The van der Waals surface area contributed by atoms with Crippen molar-refractivity contribution in [3.05, 3.63) is 68.0 Å². The number of carbonyl (C=O) groups excluding carboxylic acids is 1. The minimum Gasteiger partial charge on any atom is -0.493 e. The standard InChI is InChI=1S/C19H19NO4S2/c1-23-14-7-5-12(10-15(14)24-2)19(22)20-11-13-6-8-17(26-13)18(21)16-4-3-9-25-16/h3-10,18,21H,11H2,1-2H3,(H,20,22). The monoisotopic (exact) mass is 389 g/mol. The summed E-state index contributed by atoms with van der Waals surface area (Å²) in [7, 11) is 3.09. The first-order valence-electron chi connectivity index (χ1n) is 7.92. The number of benzene rings is 1. The maximum absolute atomic E-state index is 12.4. The second-order valence-corrected chi connectivity index (χ2v) is 7.65. The summed E-state index contributed by atoms with van der Waals surface area (Å²) in [6.45, 7) is 0.398. The first-order chi connectivity index (χ1) is 12.6. The van der Waals surface area contributed by atoms with E-state index in [0.717, 1.165) is 14.6 Å². The van der Waals surface area contributed by atoms with Crippen LogP contribution in [0.15, 0.2) is 47.8 Å². The van der Waals surface area contributed by atoms with Crippen LogP contribution in [0.25, 0.3) is 0 Å². The third-order valence-electron chi connectivity index (χ3n) is 3.83. The molecule has 1 atom stereocenters. The Labute approximate surface area is 159 Å². The van der Waals surface area contributed by atoms with Crippen molar-refractivity contribution >= 4 is 28.6 Å². The normalized spacial score (nSPS) is 11.8. The van der Waals surface area contributed by atoms with Gasteiger partial charge in [0, 0.05) is 20.2 Å². The minimum atomic E-state index is -0.615. The number of amides is 1. The van der Waals surface area contributed by atoms with Crippen LogP contribution in [0, 0.1) is 0 Å². The summed E-state index contributed by atoms with van der Waals surface area (Å²) in [6.07, 6.45) is -0.615. The van der Waals surface area contributed by atoms with Gasteiger partial charge in [-0.05, 0) is 41.8 Å². The van der Waals surface area contributed by atoms with Gasteiger partial charge in [-0.15, -0.1) is 22.7 Å². The summed E-state index contributed by atoms with van der Waals surface area (Å²) in [6, 6.07) is 12.7. The molecule has 0 radical (unpaired) electrons. The second kappa shape index (κ2) is 8.35. The molecule has 0 bridgehead atoms. The fourth-order valence-corrected chi connectivity index (χ4v) is 4.23. The lowest BCUT2D eigenvalue weighted by atomic mass is 10.2. The molecule has 0 aliphatic heterocycles. The summed E-state index contributed by atoms with van der Waals surface area (Å²) in [5.74, 6) is 0.895. The van der Waals surface area contributed by atoms with Crippen LogP contribution in [-0.4, -0.2) is 25.2 Å². The molecule has 3 aromatic rings. The summed E-state index contributed by atoms with van der Waals surface area (Å²) in [5, 5.41) is 15.2. The molecule has 0 aliphatic rings. The molecule has 0 aliphatic carbocycles. The quantitative estimate of drug-likeness (QED) is 0.644. The molecular weight excluding hydrogens is 370 g/mol. The first-order valence-corrected chi connectivity index (χ1v) is 9.62. The van der Waals surface area contributed by atoms with Crippen molar-refractivity contribution in [2.24, 2.45) is 0 Å². The van der Waals surface area contributed by atoms with Crippen LogP contribution in [-0.2, 0) is 6.54 Å². The van der Waals surface area contributed by atoms with Gasteiger partial charge in [0.05, 0.1) is 20.8 Å². The molecule has 3 rings (SSSR count). The molecular formula is C19H19NO4S2. The van der Waals surface area contributed by atoms with Gasteiger partial charge in [0.15, 0.2) is 11.5 Å². The van der Waals surface area contributed by atoms with Crippen LogP contribution in [0.2, 0.25) is 0 Å². The molecule has 0 saturated heterocycles. The van der Waals surface area contributed by atoms with E-state index in [0.29, 0.717) is 23.6 Å². The van der Waals surface area contributed by atoms with Gasteiger partial charge in [-0.2, -0.15) is 0 Å². The number of methoxy groups -OCH3 is 2. The predicted molar refractivity (Wildman–Crippen MR) is 103 cm³/mol. The van der Waals surface area contributed by atoms with Gasteiger partial charge in [0.25, 0.3) is 5.91 Å². The van der Waals surface area contributed by atoms with Gasteiger partial charge < -0.3 is 19.9 Å². The number of thiophene rings is 2. The number of rotatable bonds is 7. The highest BCUT2D eigenvalue weighted by molar-refractivity contribution is 7.12. The van der Waals surface area contributed by atoms with E-state index in [4.69, 9.17) is 9.47 Å². The van der Waals surface area contributed by atoms with Crippen molar-refractivity contribution in [2.45, 2.75) is 12.6 Å². The lowest BCUT2D eigenvalue weighted by Gasteiger charge is -2.09. The number of ether oxygens (including phenoxy) is 2. The average Bonchev–Trinajstić information content (AvgIpc) is 3.36. The number of hydrogen-bond acceptors (Lipinski definition) is 6. The Bertz CT molecular complexity index is 874. The zero-order valence-electron chi connectivity index (χ0n) is 14.4. The van der Waals surface area contributed by atoms with Gasteiger partial charge in [-0.25, -0.2) is 0 Å². The van der Waals surface area contributed by atoms with Gasteiger partial charge in [-0.3, -0.25) is 4.79 Å². The Morgan fingerprint density at radius 3 is 2.62 bits per heavy atom. The fourth-order valence-electron chi connectivity index (χ4n) is 2.47. The van der Waals surface area contributed by atoms with E-state index < -0.39 is 6.10 Å². The topological polar surface area (TPSA) is 67.8 Å². The summed E-state index contributed by atoms with van der Waals surface area (Å²) in [5.41, 5.74) is 0.498. The molecule has 0 spiro atoms. The van der Waals surface area contributed by atoms with Crippen LogP contribution in [0.4, 0.5) is 0 Å². The average molecular weight is 389 g/mol. The molecule has 0 saturated carbocycles. The van der Waals surface area contributed by atoms with Gasteiger partial charge in [0.1, 0.15) is 6.10 Å². The van der Waals surface area contributed by atoms with Crippen molar-refractivity contribution in [3.8, 4) is 11.5 Å². The van der Waals surface area contributed by atoms with Crippen LogP contribution >= 0.6 is 22.7 Å². The second-order valence-electron chi connectivity index (χ2n) is 5.47. The highest BCUT2D eigenvalue weighted by Crippen LogP contribution is 2.31. The Balaban J connectivity index is 1.63. The van der Waals surface area contributed by atoms with E-state index >= 15 is 0 Å². The lowest BCUT2D eigenvalue weighted by Crippen LogP contribution is -2.22. The Morgan fingerprint density at radius 1 is 1.12 bits per heavy atom. The molecule has 26 heavy (non-hydrogen) atoms. The van der Waals surface area contributed by atoms with Crippen LogP contribution in [0.1, 0.15) is 31.1 Å². The SMILES string of the molecule is COc1ccc(C(=O)NCc2ccc(C(O)c3cccs3)s2)cc1OC. The highest BCUT2D eigenvalue weighted by atomic mass is 32.1. The molecule has 2 aromatic heterocycles. The third-order valence-corrected chi connectivity index (χ3v) is 5.90. The van der Waals surface area contributed by atoms with Crippen molar-refractivity contribution in [3.63, 3.8) is 0 Å². The van der Waals surface area contributed by atoms with Crippen LogP contribution in [0.3, 0.4) is 0 Å². The predicted octanol–water partition coefficient (Wildman–Crippen LogP) is 3.84. The molecule has 1 unspecified atom stereocenters. The highest BCUT2D eigenvalue weighted by Gasteiger charge is 2.15. The first kappa shape index (κ1) is 18.4. The zero-order valence-corrected chi connectivity index (χ0v) is 16.0. The lowest BCUT2D eigenvalue weighted by molar-refractivity contribution is 0.0951. The molecule has 0 fully saturated rings. The minimum absolute atomic E-state index is 0.195. The largest absolute Gasteiger partial charge is 0.493 e. The number of aliphatic hydroxyl groups is 1. The Hall–Kier alpha value is -2.35. The maximum Gasteiger partial charge on any atom is 0.251 e. The summed E-state index contributed by atoms with van der Waals surface area (Å²) < 4.78 is 10.4. The van der Waals surface area contributed by atoms with Crippen molar-refractivity contribution in [1.82, 2.24) is 5.32 Å². The zero-order chi connectivity index (χ0) is 18.5. The smallest absolute Gasteiger partial charge is 0.251 e. The van der Waals surface area contributed by atoms with E-state index in [-0.39, 0.29) is 5.91 Å². The molecule has 2 heterocycles. The fraction of sp³-hybridized carbons (Fsp3) is 0.211. The number of hydrogen-bond donors (Lipinski definition) is 2. The van der Waals surface area contributed by atoms with Gasteiger partial charge >= 0.3 is 0 Å². The summed E-state index contributed by atoms with van der Waals surface area (Å²) in [4.78, 5) is 15.1. The van der Waals surface area contributed by atoms with Crippen molar-refractivity contribution in [2.75, 3.05) is 14.2 Å². The molecule has 2 N–H and O–H groups in total. The summed E-state index contributed by atoms with van der Waals surface area (Å²) >= 11 is 3.01. The van der Waals surface area contributed by atoms with Crippen LogP contribution < -0.4 is 14.8 Å². The number of nitrogens with one attached hydrogen (secondary N) is 1. The van der Waals surface area contributed by atoms with Crippen molar-refractivity contribution < 1.29 is 19.4 Å². The Morgan fingerprint density at radius 2 is 1.92 bits per heavy atom. The number of carbonyl (C=O) groups is 1. The third kappa shape index (κ3) is 4.07. The van der Waals surface area contributed by atoms with E-state index in [1.165, 1.54) is 29.8 Å². The molecule has 5 nitrogen and oxygen atoms in total. The van der Waals surface area contributed by atoms with E-state index in [1.54, 1.807) is 25.3 Å². The van der Waals surface area contributed by atoms with Crippen molar-refractivity contribution in [1.29, 1.82) is 0 Å². The van der Waals surface area contributed by atoms with Crippen LogP contribution in [0.5, 0.6) is 11.5 Å². The maximum atomic E-state index is 12.4. The van der Waals surface area contributed by atoms with Gasteiger partial charge in [0.2, 0.25) is 0 Å². The Kier molecular flexibility index (Phi) is 5.92. The molecule has 1 aromatic carbocycles. The van der Waals surface area contributed by atoms with E-state index in [2.05, 4.69) is 5.32 Å².